The Labute approximate surface area is 159 Å². The van der Waals surface area contributed by atoms with Crippen LogP contribution in [0.3, 0.4) is 0 Å². The van der Waals surface area contributed by atoms with Crippen LogP contribution in [-0.2, 0) is 16.1 Å². The maximum Gasteiger partial charge on any atom is 0.314 e. The fourth-order valence-corrected chi connectivity index (χ4v) is 2.93. The molecule has 0 radical (unpaired) electrons. The molecule has 2 aromatic rings. The third kappa shape index (κ3) is 6.49. The fourth-order valence-electron chi connectivity index (χ4n) is 2.93. The molecule has 0 atom stereocenters. The Hall–Kier alpha value is -2.74. The number of amides is 2. The summed E-state index contributed by atoms with van der Waals surface area (Å²) in [7, 11) is 0. The van der Waals surface area contributed by atoms with Gasteiger partial charge < -0.3 is 15.7 Å². The lowest BCUT2D eigenvalue weighted by atomic mass is 9.92. The molecule has 0 aliphatic carbocycles. The summed E-state index contributed by atoms with van der Waals surface area (Å²) in [6.07, 6.45) is 7.88. The number of nitrogens with one attached hydrogen (secondary N) is 2. The summed E-state index contributed by atoms with van der Waals surface area (Å²) in [6.45, 7) is 4.50. The highest BCUT2D eigenvalue weighted by atomic mass is 16.3. The summed E-state index contributed by atoms with van der Waals surface area (Å²) in [5, 5.41) is 19.7. The molecule has 0 fully saturated rings. The summed E-state index contributed by atoms with van der Waals surface area (Å²) in [5.41, 5.74) is -0.00701. The molecule has 2 rings (SSSR count). The van der Waals surface area contributed by atoms with E-state index >= 15 is 0 Å². The van der Waals surface area contributed by atoms with Gasteiger partial charge in [0.2, 0.25) is 0 Å². The number of aromatic nitrogens is 3. The van der Waals surface area contributed by atoms with E-state index in [4.69, 9.17) is 0 Å². The predicted octanol–water partition coefficient (Wildman–Crippen LogP) is 1.71. The minimum Gasteiger partial charge on any atom is -0.388 e. The van der Waals surface area contributed by atoms with E-state index in [0.717, 1.165) is 18.4 Å². The standard InChI is InChI=1S/C19H27N5O3/c1-3-8-19(27,9-4-2)14-21-17(25)18(26)22-16-7-11-24(23-16)13-15-6-5-10-20-12-15/h5-7,10-12,27H,3-4,8-9,13-14H2,1-2H3,(H,21,25)(H,22,23,26). The molecule has 27 heavy (non-hydrogen) atoms. The molecule has 0 saturated heterocycles. The van der Waals surface area contributed by atoms with E-state index in [0.29, 0.717) is 19.4 Å². The molecule has 2 amide bonds. The SMILES string of the molecule is CCCC(O)(CCC)CNC(=O)C(=O)Nc1ccn(Cc2cccnc2)n1. The Balaban J connectivity index is 1.86. The highest BCUT2D eigenvalue weighted by molar-refractivity contribution is 6.39. The van der Waals surface area contributed by atoms with Crippen molar-refractivity contribution in [1.29, 1.82) is 0 Å². The first-order valence-corrected chi connectivity index (χ1v) is 9.19. The van der Waals surface area contributed by atoms with Gasteiger partial charge in [-0.05, 0) is 24.5 Å². The third-order valence-electron chi connectivity index (χ3n) is 4.16. The molecule has 2 heterocycles. The minimum absolute atomic E-state index is 0.0520. The van der Waals surface area contributed by atoms with E-state index in [1.165, 1.54) is 0 Å². The lowest BCUT2D eigenvalue weighted by Gasteiger charge is -2.27. The Bertz CT molecular complexity index is 739. The van der Waals surface area contributed by atoms with Crippen LogP contribution >= 0.6 is 0 Å². The molecule has 0 saturated carbocycles. The Morgan fingerprint density at radius 2 is 1.93 bits per heavy atom. The van der Waals surface area contributed by atoms with Gasteiger partial charge in [0, 0.05) is 31.2 Å². The lowest BCUT2D eigenvalue weighted by Crippen LogP contribution is -2.46. The van der Waals surface area contributed by atoms with E-state index in [9.17, 15) is 14.7 Å². The van der Waals surface area contributed by atoms with Crippen LogP contribution in [0.15, 0.2) is 36.8 Å². The minimum atomic E-state index is -0.981. The number of rotatable bonds is 9. The Morgan fingerprint density at radius 3 is 2.56 bits per heavy atom. The molecule has 0 aromatic carbocycles. The Kier molecular flexibility index (Phi) is 7.48. The topological polar surface area (TPSA) is 109 Å². The molecule has 0 aliphatic rings. The van der Waals surface area contributed by atoms with Crippen molar-refractivity contribution >= 4 is 17.6 Å². The maximum atomic E-state index is 12.0. The van der Waals surface area contributed by atoms with Gasteiger partial charge in [-0.2, -0.15) is 5.10 Å². The number of carbonyl (C=O) groups excluding carboxylic acids is 2. The maximum absolute atomic E-state index is 12.0. The molecule has 0 unspecified atom stereocenters. The van der Waals surface area contributed by atoms with Gasteiger partial charge in [-0.15, -0.1) is 0 Å². The molecular weight excluding hydrogens is 346 g/mol. The van der Waals surface area contributed by atoms with E-state index in [1.54, 1.807) is 29.3 Å². The second-order valence-corrected chi connectivity index (χ2v) is 6.62. The molecule has 0 aliphatic heterocycles. The number of hydrogen-bond acceptors (Lipinski definition) is 5. The number of carbonyl (C=O) groups is 2. The van der Waals surface area contributed by atoms with E-state index in [1.807, 2.05) is 26.0 Å². The number of hydrogen-bond donors (Lipinski definition) is 3. The number of pyridine rings is 1. The second-order valence-electron chi connectivity index (χ2n) is 6.62. The molecular formula is C19H27N5O3. The lowest BCUT2D eigenvalue weighted by molar-refractivity contribution is -0.137. The van der Waals surface area contributed by atoms with E-state index < -0.39 is 17.4 Å². The fraction of sp³-hybridized carbons (Fsp3) is 0.474. The Morgan fingerprint density at radius 1 is 1.19 bits per heavy atom. The van der Waals surface area contributed by atoms with Gasteiger partial charge in [0.25, 0.3) is 0 Å². The van der Waals surface area contributed by atoms with Gasteiger partial charge in [0.1, 0.15) is 0 Å². The third-order valence-corrected chi connectivity index (χ3v) is 4.16. The summed E-state index contributed by atoms with van der Waals surface area (Å²) < 4.78 is 1.64. The zero-order valence-electron chi connectivity index (χ0n) is 15.8. The highest BCUT2D eigenvalue weighted by Crippen LogP contribution is 2.18. The van der Waals surface area contributed by atoms with Crippen molar-refractivity contribution in [2.75, 3.05) is 11.9 Å². The van der Waals surface area contributed by atoms with Crippen LogP contribution in [0.1, 0.15) is 45.1 Å². The van der Waals surface area contributed by atoms with Crippen molar-refractivity contribution in [2.45, 2.75) is 51.7 Å². The van der Waals surface area contributed by atoms with Crippen LogP contribution in [0.4, 0.5) is 5.82 Å². The van der Waals surface area contributed by atoms with E-state index in [2.05, 4.69) is 20.7 Å². The summed E-state index contributed by atoms with van der Waals surface area (Å²) in [6, 6.07) is 5.38. The second kappa shape index (κ2) is 9.82. The van der Waals surface area contributed by atoms with E-state index in [-0.39, 0.29) is 12.4 Å². The molecule has 146 valence electrons. The van der Waals surface area contributed by atoms with Crippen molar-refractivity contribution in [3.8, 4) is 0 Å². The van der Waals surface area contributed by atoms with Crippen LogP contribution < -0.4 is 10.6 Å². The number of aliphatic hydroxyl groups is 1. The molecule has 2 aromatic heterocycles. The van der Waals surface area contributed by atoms with Gasteiger partial charge >= 0.3 is 11.8 Å². The molecule has 8 nitrogen and oxygen atoms in total. The van der Waals surface area contributed by atoms with Crippen LogP contribution in [0.5, 0.6) is 0 Å². The normalized spacial score (nSPS) is 11.2. The van der Waals surface area contributed by atoms with Crippen molar-refractivity contribution in [3.63, 3.8) is 0 Å². The largest absolute Gasteiger partial charge is 0.388 e. The van der Waals surface area contributed by atoms with Crippen LogP contribution in [0, 0.1) is 0 Å². The summed E-state index contributed by atoms with van der Waals surface area (Å²) in [4.78, 5) is 28.1. The zero-order chi connectivity index (χ0) is 19.7. The first-order valence-electron chi connectivity index (χ1n) is 9.19. The smallest absolute Gasteiger partial charge is 0.314 e. The molecule has 3 N–H and O–H groups in total. The van der Waals surface area contributed by atoms with Crippen molar-refractivity contribution in [1.82, 2.24) is 20.1 Å². The van der Waals surface area contributed by atoms with Gasteiger partial charge in [0.05, 0.1) is 12.1 Å². The summed E-state index contributed by atoms with van der Waals surface area (Å²) >= 11 is 0. The van der Waals surface area contributed by atoms with Gasteiger partial charge in [-0.3, -0.25) is 19.3 Å². The number of nitrogens with zero attached hydrogens (tertiary/aromatic N) is 3. The van der Waals surface area contributed by atoms with Crippen molar-refractivity contribution in [2.24, 2.45) is 0 Å². The first kappa shape index (κ1) is 20.6. The quantitative estimate of drug-likeness (QED) is 0.580. The average molecular weight is 373 g/mol. The highest BCUT2D eigenvalue weighted by Gasteiger charge is 2.27. The van der Waals surface area contributed by atoms with Crippen LogP contribution in [0.25, 0.3) is 0 Å². The molecule has 0 spiro atoms. The average Bonchev–Trinajstić information content (AvgIpc) is 3.08. The zero-order valence-corrected chi connectivity index (χ0v) is 15.8. The molecule has 0 bridgehead atoms. The van der Waals surface area contributed by atoms with Crippen LogP contribution in [0.2, 0.25) is 0 Å². The number of anilines is 1. The van der Waals surface area contributed by atoms with Gasteiger partial charge in [-0.25, -0.2) is 0 Å². The van der Waals surface area contributed by atoms with Crippen molar-refractivity contribution < 1.29 is 14.7 Å². The predicted molar refractivity (Wildman–Crippen MR) is 102 cm³/mol. The monoisotopic (exact) mass is 373 g/mol. The summed E-state index contributed by atoms with van der Waals surface area (Å²) in [5.74, 6) is -1.31. The van der Waals surface area contributed by atoms with Crippen LogP contribution in [-0.4, -0.2) is 43.8 Å². The van der Waals surface area contributed by atoms with Crippen molar-refractivity contribution in [3.05, 3.63) is 42.4 Å². The molecule has 8 heteroatoms. The first-order chi connectivity index (χ1) is 13.0. The van der Waals surface area contributed by atoms with Gasteiger partial charge in [0.15, 0.2) is 5.82 Å². The van der Waals surface area contributed by atoms with Gasteiger partial charge in [-0.1, -0.05) is 32.8 Å².